The molecule has 13 heteroatoms. The lowest BCUT2D eigenvalue weighted by Crippen LogP contribution is -2.55. The summed E-state index contributed by atoms with van der Waals surface area (Å²) < 4.78 is 112. The minimum Gasteiger partial charge on any atom is -0.493 e. The number of rotatable bonds is 5. The Morgan fingerprint density at radius 3 is 1.79 bits per heavy atom. The molecule has 0 spiro atoms. The molecule has 0 amide bonds. The number of ether oxygens (including phenoxy) is 1. The van der Waals surface area contributed by atoms with Crippen molar-refractivity contribution in [1.29, 1.82) is 0 Å². The summed E-state index contributed by atoms with van der Waals surface area (Å²) >= 11 is 0. The standard InChI is InChI=1S/C14H13F8NO4.C2H6/c1-4-7(12(26,13(17,18)19)14(20,21)22)5(3-6(23)11(24)25)8(15)9(16)10(4)27-2;1-2/h6,26H,3,23H2,1-2H3,(H,24,25);1-2H3. The molecule has 1 rings (SSSR count). The zero-order valence-electron chi connectivity index (χ0n) is 15.6. The highest BCUT2D eigenvalue weighted by molar-refractivity contribution is 5.73. The maximum Gasteiger partial charge on any atom is 0.430 e. The van der Waals surface area contributed by atoms with E-state index in [1.165, 1.54) is 0 Å². The van der Waals surface area contributed by atoms with Crippen LogP contribution in [0.4, 0.5) is 35.1 Å². The Labute approximate surface area is 160 Å². The summed E-state index contributed by atoms with van der Waals surface area (Å²) in [5, 5.41) is 18.3. The van der Waals surface area contributed by atoms with E-state index >= 15 is 0 Å². The Morgan fingerprint density at radius 1 is 1.07 bits per heavy atom. The molecular weight excluding hydrogens is 422 g/mol. The van der Waals surface area contributed by atoms with Crippen LogP contribution in [0, 0.1) is 18.6 Å². The van der Waals surface area contributed by atoms with Gasteiger partial charge in [-0.3, -0.25) is 4.79 Å². The summed E-state index contributed by atoms with van der Waals surface area (Å²) in [6, 6.07) is -2.18. The number of benzene rings is 1. The summed E-state index contributed by atoms with van der Waals surface area (Å²) in [5.41, 5.74) is -5.62. The van der Waals surface area contributed by atoms with E-state index < -0.39 is 70.5 Å². The van der Waals surface area contributed by atoms with Crippen LogP contribution < -0.4 is 10.5 Å². The molecule has 0 bridgehead atoms. The molecule has 4 N–H and O–H groups in total. The van der Waals surface area contributed by atoms with Gasteiger partial charge in [0.25, 0.3) is 5.60 Å². The lowest BCUT2D eigenvalue weighted by molar-refractivity contribution is -0.376. The van der Waals surface area contributed by atoms with Crippen molar-refractivity contribution in [2.45, 2.75) is 51.2 Å². The highest BCUT2D eigenvalue weighted by Gasteiger charge is 2.72. The van der Waals surface area contributed by atoms with Crippen molar-refractivity contribution in [2.24, 2.45) is 5.73 Å². The number of aliphatic hydroxyl groups is 1. The van der Waals surface area contributed by atoms with Gasteiger partial charge in [0.1, 0.15) is 6.04 Å². The van der Waals surface area contributed by atoms with Crippen LogP contribution in [0.25, 0.3) is 0 Å². The molecule has 0 radical (unpaired) electrons. The first-order chi connectivity index (χ1) is 13.0. The molecule has 0 saturated carbocycles. The molecular formula is C16H19F8NO4. The maximum atomic E-state index is 14.3. The van der Waals surface area contributed by atoms with Crippen molar-refractivity contribution in [3.05, 3.63) is 28.3 Å². The molecule has 0 aliphatic rings. The third-order valence-electron chi connectivity index (χ3n) is 3.80. The van der Waals surface area contributed by atoms with E-state index in [0.717, 1.165) is 0 Å². The summed E-state index contributed by atoms with van der Waals surface area (Å²) in [6.45, 7) is 4.52. The Hall–Kier alpha value is -2.15. The van der Waals surface area contributed by atoms with Crippen molar-refractivity contribution in [1.82, 2.24) is 0 Å². The first-order valence-electron chi connectivity index (χ1n) is 7.91. The van der Waals surface area contributed by atoms with Crippen molar-refractivity contribution in [2.75, 3.05) is 7.11 Å². The van der Waals surface area contributed by atoms with E-state index in [0.29, 0.717) is 14.0 Å². The third-order valence-corrected chi connectivity index (χ3v) is 3.80. The molecule has 0 heterocycles. The molecule has 0 aromatic heterocycles. The molecule has 0 aliphatic heterocycles. The second-order valence-electron chi connectivity index (χ2n) is 5.49. The lowest BCUT2D eigenvalue weighted by atomic mass is 9.82. The van der Waals surface area contributed by atoms with Crippen LogP contribution >= 0.6 is 0 Å². The Bertz CT molecular complexity index is 732. The number of aliphatic carboxylic acids is 1. The fourth-order valence-corrected chi connectivity index (χ4v) is 2.52. The lowest BCUT2D eigenvalue weighted by Gasteiger charge is -2.36. The monoisotopic (exact) mass is 441 g/mol. The van der Waals surface area contributed by atoms with E-state index in [9.17, 15) is 45.0 Å². The van der Waals surface area contributed by atoms with Crippen molar-refractivity contribution in [3.63, 3.8) is 0 Å². The van der Waals surface area contributed by atoms with Gasteiger partial charge >= 0.3 is 18.3 Å². The number of nitrogens with two attached hydrogens (primary N) is 1. The Kier molecular flexibility index (Phi) is 8.44. The SMILES string of the molecule is CC.COc1c(C)c(C(O)(C(F)(F)F)C(F)(F)F)c(CC(N)C(=O)O)c(F)c1F. The van der Waals surface area contributed by atoms with Gasteiger partial charge in [-0.05, 0) is 6.92 Å². The quantitative estimate of drug-likeness (QED) is 0.608. The largest absolute Gasteiger partial charge is 0.493 e. The number of methoxy groups -OCH3 is 1. The van der Waals surface area contributed by atoms with Crippen molar-refractivity contribution in [3.8, 4) is 5.75 Å². The van der Waals surface area contributed by atoms with Gasteiger partial charge in [-0.2, -0.15) is 30.7 Å². The van der Waals surface area contributed by atoms with Gasteiger partial charge in [0, 0.05) is 23.1 Å². The average Bonchev–Trinajstić information content (AvgIpc) is 2.59. The molecule has 0 aliphatic carbocycles. The smallest absolute Gasteiger partial charge is 0.430 e. The normalized spacial score (nSPS) is 13.4. The Balaban J connectivity index is 0.00000379. The highest BCUT2D eigenvalue weighted by Crippen LogP contribution is 2.53. The van der Waals surface area contributed by atoms with Crippen LogP contribution in [0.3, 0.4) is 0 Å². The van der Waals surface area contributed by atoms with Crippen LogP contribution in [0.2, 0.25) is 0 Å². The van der Waals surface area contributed by atoms with Gasteiger partial charge in [-0.1, -0.05) is 13.8 Å². The second kappa shape index (κ2) is 9.11. The predicted octanol–water partition coefficient (Wildman–Crippen LogP) is 3.57. The van der Waals surface area contributed by atoms with E-state index in [1.54, 1.807) is 0 Å². The molecule has 1 aromatic rings. The fraction of sp³-hybridized carbons (Fsp3) is 0.562. The summed E-state index contributed by atoms with van der Waals surface area (Å²) in [7, 11) is 0.650. The summed E-state index contributed by atoms with van der Waals surface area (Å²) in [6.07, 6.45) is -14.3. The number of carboxylic acids is 1. The number of hydrogen-bond donors (Lipinski definition) is 3. The number of halogens is 8. The minimum absolute atomic E-state index is 0.523. The number of carboxylic acid groups (broad SMARTS) is 1. The minimum atomic E-state index is -6.42. The van der Waals surface area contributed by atoms with Gasteiger partial charge in [-0.25, -0.2) is 4.39 Å². The first kappa shape index (κ1) is 26.9. The van der Waals surface area contributed by atoms with Crippen LogP contribution in [-0.4, -0.2) is 41.7 Å². The van der Waals surface area contributed by atoms with Crippen LogP contribution in [0.15, 0.2) is 0 Å². The van der Waals surface area contributed by atoms with Crippen molar-refractivity contribution >= 4 is 5.97 Å². The van der Waals surface area contributed by atoms with Gasteiger partial charge in [-0.15, -0.1) is 0 Å². The molecule has 5 nitrogen and oxygen atoms in total. The number of carbonyl (C=O) groups is 1. The first-order valence-corrected chi connectivity index (χ1v) is 7.91. The van der Waals surface area contributed by atoms with E-state index in [-0.39, 0.29) is 0 Å². The Morgan fingerprint density at radius 2 is 1.48 bits per heavy atom. The van der Waals surface area contributed by atoms with Crippen LogP contribution in [-0.2, 0) is 16.8 Å². The molecule has 1 atom stereocenters. The zero-order chi connectivity index (χ0) is 23.5. The van der Waals surface area contributed by atoms with Gasteiger partial charge in [0.15, 0.2) is 11.6 Å². The van der Waals surface area contributed by atoms with Crippen molar-refractivity contribution < 1.29 is 54.9 Å². The van der Waals surface area contributed by atoms with Crippen LogP contribution in [0.1, 0.15) is 30.5 Å². The molecule has 29 heavy (non-hydrogen) atoms. The van der Waals surface area contributed by atoms with Gasteiger partial charge < -0.3 is 20.7 Å². The second-order valence-corrected chi connectivity index (χ2v) is 5.49. The van der Waals surface area contributed by atoms with Gasteiger partial charge in [0.2, 0.25) is 5.82 Å². The van der Waals surface area contributed by atoms with Gasteiger partial charge in [0.05, 0.1) is 7.11 Å². The van der Waals surface area contributed by atoms with E-state index in [4.69, 9.17) is 10.8 Å². The van der Waals surface area contributed by atoms with E-state index in [1.807, 2.05) is 13.8 Å². The predicted molar refractivity (Wildman–Crippen MR) is 84.3 cm³/mol. The number of alkyl halides is 6. The molecule has 0 saturated heterocycles. The summed E-state index contributed by atoms with van der Waals surface area (Å²) in [5.74, 6) is -7.44. The fourth-order valence-electron chi connectivity index (χ4n) is 2.52. The molecule has 0 fully saturated rings. The molecule has 1 aromatic carbocycles. The molecule has 168 valence electrons. The zero-order valence-corrected chi connectivity index (χ0v) is 15.6. The van der Waals surface area contributed by atoms with Crippen LogP contribution in [0.5, 0.6) is 5.75 Å². The average molecular weight is 441 g/mol. The number of hydrogen-bond acceptors (Lipinski definition) is 4. The topological polar surface area (TPSA) is 92.8 Å². The third kappa shape index (κ3) is 4.71. The highest BCUT2D eigenvalue weighted by atomic mass is 19.4. The van der Waals surface area contributed by atoms with E-state index in [2.05, 4.69) is 4.74 Å². The maximum absolute atomic E-state index is 14.3. The summed E-state index contributed by atoms with van der Waals surface area (Å²) in [4.78, 5) is 10.8. The molecule has 1 unspecified atom stereocenters.